The zero-order valence-corrected chi connectivity index (χ0v) is 11.8. The summed E-state index contributed by atoms with van der Waals surface area (Å²) < 4.78 is 11.1. The van der Waals surface area contributed by atoms with Crippen LogP contribution in [0.4, 0.5) is 0 Å². The lowest BCUT2D eigenvalue weighted by Gasteiger charge is -2.14. The molecule has 1 N–H and O–H groups in total. The predicted molar refractivity (Wildman–Crippen MR) is 73.0 cm³/mol. The normalized spacial score (nSPS) is 12.8. The topological polar surface area (TPSA) is 38.7 Å². The van der Waals surface area contributed by atoms with Crippen molar-refractivity contribution in [2.45, 2.75) is 33.8 Å². The molecule has 0 aliphatic rings. The molecule has 1 aromatic carbocycles. The maximum absolute atomic E-state index is 9.69. The minimum Gasteiger partial charge on any atom is -0.491 e. The molecule has 1 rings (SSSR count). The van der Waals surface area contributed by atoms with Crippen LogP contribution in [0.5, 0.6) is 5.75 Å². The van der Waals surface area contributed by atoms with Crippen molar-refractivity contribution in [3.63, 3.8) is 0 Å². The van der Waals surface area contributed by atoms with Crippen molar-refractivity contribution in [2.24, 2.45) is 5.92 Å². The number of rotatable bonds is 7. The van der Waals surface area contributed by atoms with Gasteiger partial charge in [-0.2, -0.15) is 0 Å². The fraction of sp³-hybridized carbons (Fsp3) is 0.600. The molecule has 0 aromatic heterocycles. The Morgan fingerprint density at radius 2 is 1.89 bits per heavy atom. The number of ether oxygens (including phenoxy) is 2. The van der Waals surface area contributed by atoms with E-state index in [9.17, 15) is 5.11 Å². The fourth-order valence-electron chi connectivity index (χ4n) is 1.66. The molecule has 0 radical (unpaired) electrons. The van der Waals surface area contributed by atoms with E-state index in [2.05, 4.69) is 13.8 Å². The molecule has 3 heteroatoms. The van der Waals surface area contributed by atoms with Crippen molar-refractivity contribution in [1.29, 1.82) is 0 Å². The van der Waals surface area contributed by atoms with Gasteiger partial charge in [0.2, 0.25) is 0 Å². The van der Waals surface area contributed by atoms with Crippen LogP contribution in [-0.4, -0.2) is 24.9 Å². The summed E-state index contributed by atoms with van der Waals surface area (Å²) in [7, 11) is 0. The Hall–Kier alpha value is -1.06. The predicted octanol–water partition coefficient (Wildman–Crippen LogP) is 3.10. The summed E-state index contributed by atoms with van der Waals surface area (Å²) in [6.07, 6.45) is -0.517. The molecule has 0 saturated heterocycles. The highest BCUT2D eigenvalue weighted by atomic mass is 16.5. The second kappa shape index (κ2) is 7.39. The molecule has 0 bridgehead atoms. The van der Waals surface area contributed by atoms with Gasteiger partial charge in [0.05, 0.1) is 12.7 Å². The van der Waals surface area contributed by atoms with Crippen molar-refractivity contribution in [1.82, 2.24) is 0 Å². The molecule has 1 atom stereocenters. The highest BCUT2D eigenvalue weighted by molar-refractivity contribution is 5.38. The summed E-state index contributed by atoms with van der Waals surface area (Å²) in [5.41, 5.74) is 1.95. The van der Waals surface area contributed by atoms with E-state index in [0.29, 0.717) is 19.1 Å². The van der Waals surface area contributed by atoms with Gasteiger partial charge in [-0.15, -0.1) is 0 Å². The lowest BCUT2D eigenvalue weighted by atomic mass is 10.1. The maximum Gasteiger partial charge on any atom is 0.125 e. The molecular weight excluding hydrogens is 228 g/mol. The number of benzene rings is 1. The van der Waals surface area contributed by atoms with Gasteiger partial charge in [0.25, 0.3) is 0 Å². The van der Waals surface area contributed by atoms with E-state index < -0.39 is 6.10 Å². The molecule has 102 valence electrons. The van der Waals surface area contributed by atoms with Crippen LogP contribution < -0.4 is 4.74 Å². The van der Waals surface area contributed by atoms with Crippen LogP contribution in [-0.2, 0) is 4.74 Å². The van der Waals surface area contributed by atoms with E-state index in [0.717, 1.165) is 23.5 Å². The van der Waals surface area contributed by atoms with E-state index >= 15 is 0 Å². The van der Waals surface area contributed by atoms with Crippen LogP contribution in [0.1, 0.15) is 38.0 Å². The van der Waals surface area contributed by atoms with Gasteiger partial charge in [0, 0.05) is 12.2 Å². The van der Waals surface area contributed by atoms with Crippen molar-refractivity contribution in [3.8, 4) is 5.75 Å². The average Bonchev–Trinajstić information content (AvgIpc) is 2.29. The summed E-state index contributed by atoms with van der Waals surface area (Å²) in [6, 6.07) is 5.84. The maximum atomic E-state index is 9.69. The highest BCUT2D eigenvalue weighted by Gasteiger charge is 2.09. The third kappa shape index (κ3) is 5.07. The van der Waals surface area contributed by atoms with Crippen LogP contribution in [0.25, 0.3) is 0 Å². The van der Waals surface area contributed by atoms with E-state index in [1.807, 2.05) is 25.1 Å². The lowest BCUT2D eigenvalue weighted by Crippen LogP contribution is -2.11. The zero-order chi connectivity index (χ0) is 13.5. The van der Waals surface area contributed by atoms with E-state index in [1.54, 1.807) is 6.92 Å². The average molecular weight is 252 g/mol. The molecule has 1 aromatic rings. The van der Waals surface area contributed by atoms with Crippen LogP contribution >= 0.6 is 0 Å². The second-order valence-electron chi connectivity index (χ2n) is 5.03. The van der Waals surface area contributed by atoms with E-state index in [1.165, 1.54) is 0 Å². The Morgan fingerprint density at radius 1 is 1.17 bits per heavy atom. The first-order valence-corrected chi connectivity index (χ1v) is 6.50. The first-order chi connectivity index (χ1) is 8.50. The van der Waals surface area contributed by atoms with Crippen LogP contribution in [0.15, 0.2) is 18.2 Å². The van der Waals surface area contributed by atoms with E-state index in [4.69, 9.17) is 9.47 Å². The van der Waals surface area contributed by atoms with Crippen LogP contribution in [0.2, 0.25) is 0 Å². The smallest absolute Gasteiger partial charge is 0.125 e. The minimum atomic E-state index is -0.517. The van der Waals surface area contributed by atoms with Gasteiger partial charge in [-0.1, -0.05) is 25.5 Å². The van der Waals surface area contributed by atoms with Gasteiger partial charge in [-0.05, 0) is 31.9 Å². The molecular formula is C15H24O3. The molecule has 0 spiro atoms. The van der Waals surface area contributed by atoms with Crippen molar-refractivity contribution < 1.29 is 14.6 Å². The van der Waals surface area contributed by atoms with Gasteiger partial charge in [0.1, 0.15) is 12.4 Å². The third-order valence-corrected chi connectivity index (χ3v) is 2.55. The Labute approximate surface area is 110 Å². The molecule has 0 heterocycles. The van der Waals surface area contributed by atoms with Crippen molar-refractivity contribution in [2.75, 3.05) is 19.8 Å². The standard InChI is InChI=1S/C15H24O3/c1-11(2)10-17-7-8-18-15-6-5-12(3)9-14(15)13(4)16/h5-6,9,11,13,16H,7-8,10H2,1-4H3/t13-/m0/s1. The van der Waals surface area contributed by atoms with Gasteiger partial charge >= 0.3 is 0 Å². The molecule has 0 fully saturated rings. The molecule has 0 saturated carbocycles. The Balaban J connectivity index is 2.46. The first kappa shape index (κ1) is 15.0. The number of aliphatic hydroxyl groups excluding tert-OH is 1. The summed E-state index contributed by atoms with van der Waals surface area (Å²) in [6.45, 7) is 9.82. The van der Waals surface area contributed by atoms with Crippen molar-refractivity contribution >= 4 is 0 Å². The summed E-state index contributed by atoms with van der Waals surface area (Å²) in [5.74, 6) is 1.28. The number of aryl methyl sites for hydroxylation is 1. The van der Waals surface area contributed by atoms with Gasteiger partial charge in [-0.25, -0.2) is 0 Å². The SMILES string of the molecule is Cc1ccc(OCCOCC(C)C)c([C@H](C)O)c1. The van der Waals surface area contributed by atoms with Crippen LogP contribution in [0.3, 0.4) is 0 Å². The quantitative estimate of drug-likeness (QED) is 0.758. The van der Waals surface area contributed by atoms with Crippen LogP contribution in [0, 0.1) is 12.8 Å². The fourth-order valence-corrected chi connectivity index (χ4v) is 1.66. The minimum absolute atomic E-state index is 0.509. The Morgan fingerprint density at radius 3 is 2.50 bits per heavy atom. The molecule has 3 nitrogen and oxygen atoms in total. The largest absolute Gasteiger partial charge is 0.491 e. The molecule has 0 unspecified atom stereocenters. The lowest BCUT2D eigenvalue weighted by molar-refractivity contribution is 0.0805. The number of hydrogen-bond donors (Lipinski definition) is 1. The van der Waals surface area contributed by atoms with Crippen molar-refractivity contribution in [3.05, 3.63) is 29.3 Å². The molecule has 0 aliphatic carbocycles. The van der Waals surface area contributed by atoms with E-state index in [-0.39, 0.29) is 0 Å². The van der Waals surface area contributed by atoms with Gasteiger partial charge in [0.15, 0.2) is 0 Å². The molecule has 0 aliphatic heterocycles. The molecule has 18 heavy (non-hydrogen) atoms. The summed E-state index contributed by atoms with van der Waals surface area (Å²) in [4.78, 5) is 0. The third-order valence-electron chi connectivity index (χ3n) is 2.55. The zero-order valence-electron chi connectivity index (χ0n) is 11.8. The Bertz CT molecular complexity index is 359. The van der Waals surface area contributed by atoms with Gasteiger partial charge in [-0.3, -0.25) is 0 Å². The van der Waals surface area contributed by atoms with Gasteiger partial charge < -0.3 is 14.6 Å². The summed E-state index contributed by atoms with van der Waals surface area (Å²) in [5, 5.41) is 9.69. The highest BCUT2D eigenvalue weighted by Crippen LogP contribution is 2.26. The Kier molecular flexibility index (Phi) is 6.16. The monoisotopic (exact) mass is 252 g/mol. The molecule has 0 amide bonds. The second-order valence-corrected chi connectivity index (χ2v) is 5.03. The number of hydrogen-bond acceptors (Lipinski definition) is 3. The summed E-state index contributed by atoms with van der Waals surface area (Å²) >= 11 is 0. The first-order valence-electron chi connectivity index (χ1n) is 6.50. The number of aliphatic hydroxyl groups is 1.